The van der Waals surface area contributed by atoms with Gasteiger partial charge in [0.15, 0.2) is 0 Å². The van der Waals surface area contributed by atoms with Crippen LogP contribution in [-0.4, -0.2) is 0 Å². The number of allylic oxidation sites excluding steroid dienone is 8. The predicted molar refractivity (Wildman–Crippen MR) is 110 cm³/mol. The standard InChI is InChI=1S/C15H23.C10H15.2ClH.Zr/c1-2-3-7-13-10-11-15(12-13)14-8-5-4-6-9-14;1-7-6-10(4,5)9(3)8(7)2;;;/h11,14H,2-10H2,1H3;1-5H3;2*1H;/q2*-1;;;+4/p-2. The molecule has 0 aromatic rings. The maximum absolute atomic E-state index is 3.67. The van der Waals surface area contributed by atoms with Gasteiger partial charge >= 0.3 is 26.2 Å². The van der Waals surface area contributed by atoms with Crippen molar-refractivity contribution < 1.29 is 51.0 Å². The molecule has 0 atom stereocenters. The van der Waals surface area contributed by atoms with E-state index in [1.54, 1.807) is 11.1 Å². The summed E-state index contributed by atoms with van der Waals surface area (Å²) in [6.45, 7) is 13.2. The fourth-order valence-electron chi connectivity index (χ4n) is 4.18. The largest absolute Gasteiger partial charge is 4.00 e. The summed E-state index contributed by atoms with van der Waals surface area (Å²) in [6, 6.07) is 0. The van der Waals surface area contributed by atoms with Crippen molar-refractivity contribution in [1.82, 2.24) is 0 Å². The monoisotopic (exact) mass is 498 g/mol. The zero-order valence-corrected chi connectivity index (χ0v) is 22.7. The van der Waals surface area contributed by atoms with Gasteiger partial charge in [0.05, 0.1) is 0 Å². The average Bonchev–Trinajstić information content (AvgIpc) is 3.14. The van der Waals surface area contributed by atoms with E-state index in [1.165, 1.54) is 74.5 Å². The third-order valence-electron chi connectivity index (χ3n) is 6.33. The third kappa shape index (κ3) is 8.65. The molecule has 1 fully saturated rings. The summed E-state index contributed by atoms with van der Waals surface area (Å²) in [5.74, 6) is 0.859. The first kappa shape index (κ1) is 30.6. The van der Waals surface area contributed by atoms with Crippen molar-refractivity contribution in [3.63, 3.8) is 0 Å². The van der Waals surface area contributed by atoms with Crippen LogP contribution in [-0.2, 0) is 26.2 Å². The summed E-state index contributed by atoms with van der Waals surface area (Å²) >= 11 is 0. The second-order valence-electron chi connectivity index (χ2n) is 8.66. The molecule has 0 nitrogen and oxygen atoms in total. The molecule has 28 heavy (non-hydrogen) atoms. The number of hydrogen-bond acceptors (Lipinski definition) is 0. The van der Waals surface area contributed by atoms with Crippen molar-refractivity contribution in [2.75, 3.05) is 0 Å². The molecule has 3 aliphatic rings. The zero-order valence-electron chi connectivity index (χ0n) is 18.8. The fraction of sp³-hybridized carbons (Fsp3) is 0.680. The summed E-state index contributed by atoms with van der Waals surface area (Å²) in [5.41, 5.74) is 7.52. The van der Waals surface area contributed by atoms with E-state index in [1.807, 2.05) is 0 Å². The first-order chi connectivity index (χ1) is 11.8. The van der Waals surface area contributed by atoms with Gasteiger partial charge in [0.2, 0.25) is 0 Å². The maximum atomic E-state index is 3.67. The van der Waals surface area contributed by atoms with Gasteiger partial charge in [-0.1, -0.05) is 85.0 Å². The fourth-order valence-corrected chi connectivity index (χ4v) is 4.18. The van der Waals surface area contributed by atoms with E-state index < -0.39 is 0 Å². The molecule has 3 heteroatoms. The van der Waals surface area contributed by atoms with Gasteiger partial charge in [-0.15, -0.1) is 6.92 Å². The maximum Gasteiger partial charge on any atom is 4.00 e. The number of hydrogen-bond donors (Lipinski definition) is 0. The Morgan fingerprint density at radius 3 is 2.07 bits per heavy atom. The third-order valence-corrected chi connectivity index (χ3v) is 6.33. The van der Waals surface area contributed by atoms with Gasteiger partial charge in [-0.25, -0.2) is 23.3 Å². The van der Waals surface area contributed by atoms with Gasteiger partial charge in [0.25, 0.3) is 0 Å². The quantitative estimate of drug-likeness (QED) is 0.518. The Kier molecular flexibility index (Phi) is 15.8. The van der Waals surface area contributed by atoms with E-state index in [9.17, 15) is 0 Å². The molecule has 0 unspecified atom stereocenters. The van der Waals surface area contributed by atoms with Crippen molar-refractivity contribution in [2.45, 2.75) is 99.3 Å². The second kappa shape index (κ2) is 14.4. The topological polar surface area (TPSA) is 0 Å². The Morgan fingerprint density at radius 2 is 1.64 bits per heavy atom. The van der Waals surface area contributed by atoms with Crippen LogP contribution in [0.5, 0.6) is 0 Å². The molecule has 0 amide bonds. The van der Waals surface area contributed by atoms with Crippen LogP contribution in [0.2, 0.25) is 0 Å². The van der Waals surface area contributed by atoms with Gasteiger partial charge in [-0.3, -0.25) is 6.08 Å². The molecular weight excluding hydrogens is 462 g/mol. The molecular formula is C25H38Cl2Zr. The molecule has 0 spiro atoms. The minimum absolute atomic E-state index is 0. The SMILES string of the molecule is CC1=[C-]C(C)(C)C(C)=C1C.CCCCC1=[C-]C(C2CCCCC2)=CC1.[Cl-].[Cl-].[Zr+4]. The first-order valence-corrected chi connectivity index (χ1v) is 10.5. The summed E-state index contributed by atoms with van der Waals surface area (Å²) < 4.78 is 0. The van der Waals surface area contributed by atoms with Gasteiger partial charge < -0.3 is 24.8 Å². The summed E-state index contributed by atoms with van der Waals surface area (Å²) in [5, 5.41) is 0. The molecule has 0 aromatic heterocycles. The zero-order chi connectivity index (χ0) is 18.4. The van der Waals surface area contributed by atoms with Crippen LogP contribution < -0.4 is 24.8 Å². The average molecular weight is 501 g/mol. The molecule has 0 saturated heterocycles. The molecule has 0 bridgehead atoms. The Labute approximate surface area is 206 Å². The van der Waals surface area contributed by atoms with E-state index >= 15 is 0 Å². The van der Waals surface area contributed by atoms with Crippen LogP contribution in [0, 0.1) is 23.5 Å². The molecule has 0 heterocycles. The van der Waals surface area contributed by atoms with E-state index in [-0.39, 0.29) is 56.4 Å². The number of unbranched alkanes of at least 4 members (excludes halogenated alkanes) is 1. The van der Waals surface area contributed by atoms with Crippen LogP contribution in [0.4, 0.5) is 0 Å². The van der Waals surface area contributed by atoms with Crippen LogP contribution in [0.25, 0.3) is 0 Å². The molecule has 0 N–H and O–H groups in total. The molecule has 3 aliphatic carbocycles. The Morgan fingerprint density at radius 1 is 1.04 bits per heavy atom. The molecule has 0 aromatic carbocycles. The smallest absolute Gasteiger partial charge is 1.00 e. The molecule has 1 saturated carbocycles. The van der Waals surface area contributed by atoms with Gasteiger partial charge in [0.1, 0.15) is 0 Å². The van der Waals surface area contributed by atoms with Gasteiger partial charge in [0, 0.05) is 0 Å². The first-order valence-electron chi connectivity index (χ1n) is 10.5. The summed E-state index contributed by atoms with van der Waals surface area (Å²) in [4.78, 5) is 0. The molecule has 3 rings (SSSR count). The molecule has 156 valence electrons. The van der Waals surface area contributed by atoms with E-state index in [4.69, 9.17) is 0 Å². The van der Waals surface area contributed by atoms with Crippen molar-refractivity contribution in [2.24, 2.45) is 11.3 Å². The summed E-state index contributed by atoms with van der Waals surface area (Å²) in [7, 11) is 0. The van der Waals surface area contributed by atoms with E-state index in [2.05, 4.69) is 59.8 Å². The normalized spacial score (nSPS) is 20.6. The van der Waals surface area contributed by atoms with Crippen LogP contribution >= 0.6 is 0 Å². The van der Waals surface area contributed by atoms with E-state index in [0.717, 1.165) is 5.92 Å². The minimum atomic E-state index is 0. The van der Waals surface area contributed by atoms with Crippen molar-refractivity contribution >= 4 is 0 Å². The number of rotatable bonds is 4. The Bertz CT molecular complexity index is 588. The van der Waals surface area contributed by atoms with E-state index in [0.29, 0.717) is 0 Å². The van der Waals surface area contributed by atoms with Crippen LogP contribution in [0.3, 0.4) is 0 Å². The van der Waals surface area contributed by atoms with Crippen LogP contribution in [0.1, 0.15) is 99.3 Å². The summed E-state index contributed by atoms with van der Waals surface area (Å²) in [6.07, 6.45) is 21.9. The van der Waals surface area contributed by atoms with Gasteiger partial charge in [-0.2, -0.15) is 16.7 Å². The van der Waals surface area contributed by atoms with Crippen molar-refractivity contribution in [3.8, 4) is 0 Å². The molecule has 0 radical (unpaired) electrons. The van der Waals surface area contributed by atoms with Crippen molar-refractivity contribution in [3.05, 3.63) is 46.1 Å². The minimum Gasteiger partial charge on any atom is -1.00 e. The molecule has 0 aliphatic heterocycles. The Balaban J connectivity index is 0. The second-order valence-corrected chi connectivity index (χ2v) is 8.66. The van der Waals surface area contributed by atoms with Crippen molar-refractivity contribution in [1.29, 1.82) is 0 Å². The Hall–Kier alpha value is 0.423. The predicted octanol–water partition coefficient (Wildman–Crippen LogP) is 1.93. The van der Waals surface area contributed by atoms with Gasteiger partial charge in [-0.05, 0) is 18.8 Å². The number of halogens is 2. The van der Waals surface area contributed by atoms with Crippen LogP contribution in [0.15, 0.2) is 33.9 Å².